The van der Waals surface area contributed by atoms with Crippen molar-refractivity contribution in [2.75, 3.05) is 5.01 Å². The van der Waals surface area contributed by atoms with Gasteiger partial charge in [0, 0.05) is 16.7 Å². The molecular weight excluding hydrogens is 348 g/mol. The smallest absolute Gasteiger partial charge is 0.256 e. The van der Waals surface area contributed by atoms with E-state index in [0.717, 1.165) is 0 Å². The zero-order valence-corrected chi connectivity index (χ0v) is 14.8. The van der Waals surface area contributed by atoms with Crippen LogP contribution in [0.1, 0.15) is 18.4 Å². The van der Waals surface area contributed by atoms with Crippen LogP contribution in [0.25, 0.3) is 0 Å². The molecule has 2 aromatic rings. The number of benzene rings is 2. The van der Waals surface area contributed by atoms with Crippen LogP contribution < -0.4 is 5.01 Å². The van der Waals surface area contributed by atoms with Crippen molar-refractivity contribution in [1.82, 2.24) is 0 Å². The topological polar surface area (TPSA) is 80.2 Å². The number of amides is 1. The quantitative estimate of drug-likeness (QED) is 0.820. The summed E-state index contributed by atoms with van der Waals surface area (Å²) in [5.74, 6) is -2.52. The number of hydrogen-bond acceptors (Lipinski definition) is 4. The Morgan fingerprint density at radius 2 is 1.69 bits per heavy atom. The van der Waals surface area contributed by atoms with E-state index in [2.05, 4.69) is 5.10 Å². The fraction of sp³-hybridized carbons (Fsp3) is 0.200. The molecule has 5 nitrogen and oxygen atoms in total. The van der Waals surface area contributed by atoms with Crippen LogP contribution in [-0.2, 0) is 4.79 Å². The highest BCUT2D eigenvalue weighted by atomic mass is 35.5. The minimum absolute atomic E-state index is 0.246. The van der Waals surface area contributed by atoms with Gasteiger partial charge in [0.2, 0.25) is 0 Å². The average Bonchev–Trinajstić information content (AvgIpc) is 2.96. The molecule has 0 saturated carbocycles. The first-order chi connectivity index (χ1) is 12.6. The Balaban J connectivity index is 2.04. The van der Waals surface area contributed by atoms with Crippen molar-refractivity contribution >= 4 is 28.9 Å². The second-order valence-electron chi connectivity index (χ2n) is 6.02. The lowest BCUT2D eigenvalue weighted by molar-refractivity contribution is -0.120. The van der Waals surface area contributed by atoms with Gasteiger partial charge in [-0.2, -0.15) is 15.6 Å². The summed E-state index contributed by atoms with van der Waals surface area (Å²) in [6, 6.07) is 20.0. The van der Waals surface area contributed by atoms with E-state index in [0.29, 0.717) is 22.0 Å². The maximum atomic E-state index is 13.1. The Morgan fingerprint density at radius 3 is 2.27 bits per heavy atom. The van der Waals surface area contributed by atoms with E-state index in [4.69, 9.17) is 11.6 Å². The fourth-order valence-corrected chi connectivity index (χ4v) is 3.33. The van der Waals surface area contributed by atoms with Crippen LogP contribution in [0.5, 0.6) is 0 Å². The van der Waals surface area contributed by atoms with E-state index in [1.54, 1.807) is 43.3 Å². The first kappa shape index (κ1) is 17.7. The molecule has 0 bridgehead atoms. The number of carbonyl (C=O) groups is 1. The summed E-state index contributed by atoms with van der Waals surface area (Å²) in [6.45, 7) is 1.75. The number of nitrogens with zero attached hydrogens (tertiary/aromatic N) is 4. The zero-order valence-electron chi connectivity index (χ0n) is 14.0. The highest BCUT2D eigenvalue weighted by Gasteiger charge is 2.44. The molecule has 2 aromatic carbocycles. The minimum Gasteiger partial charge on any atom is -0.272 e. The molecule has 2 atom stereocenters. The molecule has 6 heteroatoms. The first-order valence-corrected chi connectivity index (χ1v) is 8.43. The van der Waals surface area contributed by atoms with Crippen LogP contribution in [0.15, 0.2) is 59.7 Å². The number of rotatable bonds is 4. The van der Waals surface area contributed by atoms with Crippen molar-refractivity contribution in [2.24, 2.45) is 16.9 Å². The summed E-state index contributed by atoms with van der Waals surface area (Å²) < 4.78 is 0. The monoisotopic (exact) mass is 362 g/mol. The molecule has 1 heterocycles. The van der Waals surface area contributed by atoms with E-state index in [9.17, 15) is 15.3 Å². The Hall–Kier alpha value is -3.15. The van der Waals surface area contributed by atoms with Crippen molar-refractivity contribution in [3.05, 3.63) is 65.2 Å². The third kappa shape index (κ3) is 3.18. The highest BCUT2D eigenvalue weighted by Crippen LogP contribution is 2.38. The number of para-hydroxylation sites is 1. The van der Waals surface area contributed by atoms with E-state index in [1.165, 1.54) is 5.01 Å². The Bertz CT molecular complexity index is 911. The number of nitriles is 2. The van der Waals surface area contributed by atoms with E-state index in [1.807, 2.05) is 30.3 Å². The second kappa shape index (κ2) is 7.39. The maximum Gasteiger partial charge on any atom is 0.256 e. The van der Waals surface area contributed by atoms with Gasteiger partial charge in [-0.05, 0) is 36.8 Å². The molecule has 0 saturated heterocycles. The van der Waals surface area contributed by atoms with Crippen molar-refractivity contribution in [2.45, 2.75) is 12.8 Å². The van der Waals surface area contributed by atoms with Crippen molar-refractivity contribution < 1.29 is 4.79 Å². The minimum atomic E-state index is -0.981. The number of hydrazone groups is 1. The summed E-state index contributed by atoms with van der Waals surface area (Å²) in [4.78, 5) is 13.1. The third-order valence-corrected chi connectivity index (χ3v) is 4.69. The molecule has 128 valence electrons. The molecule has 3 rings (SSSR count). The predicted molar refractivity (Wildman–Crippen MR) is 99.4 cm³/mol. The van der Waals surface area contributed by atoms with Gasteiger partial charge in [-0.15, -0.1) is 0 Å². The van der Waals surface area contributed by atoms with Gasteiger partial charge in [-0.25, -0.2) is 5.01 Å². The van der Waals surface area contributed by atoms with Crippen LogP contribution in [-0.4, -0.2) is 11.6 Å². The summed E-state index contributed by atoms with van der Waals surface area (Å²) in [5.41, 5.74) is 1.94. The van der Waals surface area contributed by atoms with Crippen LogP contribution >= 0.6 is 11.6 Å². The van der Waals surface area contributed by atoms with Gasteiger partial charge in [0.25, 0.3) is 5.91 Å². The van der Waals surface area contributed by atoms with Gasteiger partial charge < -0.3 is 0 Å². The van der Waals surface area contributed by atoms with Crippen molar-refractivity contribution in [1.29, 1.82) is 10.5 Å². The van der Waals surface area contributed by atoms with Gasteiger partial charge in [0.1, 0.15) is 5.92 Å². The SMILES string of the molecule is CC1=NN(c2ccccc2)C(=O)[C@@H]1[C@H](c1ccc(Cl)cc1)C(C#N)C#N. The number of anilines is 1. The molecule has 1 aliphatic rings. The molecule has 0 N–H and O–H groups in total. The molecule has 0 unspecified atom stereocenters. The van der Waals surface area contributed by atoms with Gasteiger partial charge in [-0.3, -0.25) is 4.79 Å². The lowest BCUT2D eigenvalue weighted by Crippen LogP contribution is -2.34. The molecular formula is C20H15ClN4O. The van der Waals surface area contributed by atoms with Crippen molar-refractivity contribution in [3.63, 3.8) is 0 Å². The molecule has 0 fully saturated rings. The second-order valence-corrected chi connectivity index (χ2v) is 6.45. The lowest BCUT2D eigenvalue weighted by Gasteiger charge is -2.24. The predicted octanol–water partition coefficient (Wildman–Crippen LogP) is 4.13. The summed E-state index contributed by atoms with van der Waals surface area (Å²) in [7, 11) is 0. The zero-order chi connectivity index (χ0) is 18.7. The Morgan fingerprint density at radius 1 is 1.08 bits per heavy atom. The van der Waals surface area contributed by atoms with E-state index in [-0.39, 0.29) is 5.91 Å². The first-order valence-electron chi connectivity index (χ1n) is 8.05. The van der Waals surface area contributed by atoms with E-state index < -0.39 is 17.8 Å². The lowest BCUT2D eigenvalue weighted by atomic mass is 9.76. The van der Waals surface area contributed by atoms with Gasteiger partial charge in [0.05, 0.1) is 23.7 Å². The Kier molecular flexibility index (Phi) is 5.02. The van der Waals surface area contributed by atoms with Crippen LogP contribution in [0.2, 0.25) is 5.02 Å². The average molecular weight is 363 g/mol. The molecule has 0 aliphatic carbocycles. The standard InChI is InChI=1S/C20H15ClN4O/c1-13-18(20(26)25(24-13)17-5-3-2-4-6-17)19(15(11-22)12-23)14-7-9-16(21)10-8-14/h2-10,15,18-19H,1H3/t18-,19+/m0/s1. The number of hydrogen-bond donors (Lipinski definition) is 0. The summed E-state index contributed by atoms with van der Waals surface area (Å²) in [6.07, 6.45) is 0. The van der Waals surface area contributed by atoms with Crippen molar-refractivity contribution in [3.8, 4) is 12.1 Å². The third-order valence-electron chi connectivity index (χ3n) is 4.43. The summed E-state index contributed by atoms with van der Waals surface area (Å²) in [5, 5.41) is 25.2. The maximum absolute atomic E-state index is 13.1. The molecule has 1 amide bonds. The summed E-state index contributed by atoms with van der Waals surface area (Å²) >= 11 is 5.95. The fourth-order valence-electron chi connectivity index (χ4n) is 3.20. The van der Waals surface area contributed by atoms with Gasteiger partial charge in [-0.1, -0.05) is 41.9 Å². The largest absolute Gasteiger partial charge is 0.272 e. The molecule has 0 spiro atoms. The van der Waals surface area contributed by atoms with Crippen LogP contribution in [0.4, 0.5) is 5.69 Å². The highest BCUT2D eigenvalue weighted by molar-refractivity contribution is 6.30. The number of halogens is 1. The van der Waals surface area contributed by atoms with Crippen LogP contribution in [0.3, 0.4) is 0 Å². The molecule has 26 heavy (non-hydrogen) atoms. The normalized spacial score (nSPS) is 17.6. The van der Waals surface area contributed by atoms with E-state index >= 15 is 0 Å². The Labute approximate surface area is 156 Å². The molecule has 0 radical (unpaired) electrons. The van der Waals surface area contributed by atoms with Gasteiger partial charge >= 0.3 is 0 Å². The van der Waals surface area contributed by atoms with Gasteiger partial charge in [0.15, 0.2) is 0 Å². The molecule has 1 aliphatic heterocycles. The molecule has 0 aromatic heterocycles. The number of carbonyl (C=O) groups excluding carboxylic acids is 1. The van der Waals surface area contributed by atoms with Crippen LogP contribution in [0, 0.1) is 34.5 Å².